The van der Waals surface area contributed by atoms with Gasteiger partial charge in [0.15, 0.2) is 28.4 Å². The number of benzene rings is 3. The van der Waals surface area contributed by atoms with E-state index < -0.39 is 58.3 Å². The van der Waals surface area contributed by atoms with Gasteiger partial charge >= 0.3 is 0 Å². The molecule has 0 aliphatic carbocycles. The number of anilines is 2. The summed E-state index contributed by atoms with van der Waals surface area (Å²) in [4.78, 5) is 30.2. The first-order valence-corrected chi connectivity index (χ1v) is 11.9. The van der Waals surface area contributed by atoms with Gasteiger partial charge in [0.1, 0.15) is 16.7 Å². The number of aliphatic imine (C=N–C) groups is 1. The smallest absolute Gasteiger partial charge is 0.249 e. The van der Waals surface area contributed by atoms with Gasteiger partial charge in [0.05, 0.1) is 19.2 Å². The third-order valence-electron chi connectivity index (χ3n) is 5.18. The first-order valence-electron chi connectivity index (χ1n) is 10.7. The number of hydrogen-bond acceptors (Lipinski definition) is 6. The maximum atomic E-state index is 14.3. The van der Waals surface area contributed by atoms with Crippen molar-refractivity contribution in [2.24, 2.45) is 4.99 Å². The number of halogens is 6. The molecular formula is C24H16ClF5N4O3S. The fraction of sp³-hybridized carbons (Fsp3) is 0.125. The summed E-state index contributed by atoms with van der Waals surface area (Å²) in [6.07, 6.45) is -0.491. The summed E-state index contributed by atoms with van der Waals surface area (Å²) < 4.78 is 74.7. The Labute approximate surface area is 221 Å². The van der Waals surface area contributed by atoms with Gasteiger partial charge in [-0.2, -0.15) is 5.01 Å². The van der Waals surface area contributed by atoms with E-state index in [0.717, 1.165) is 11.8 Å². The molecule has 1 saturated heterocycles. The average molecular weight is 571 g/mol. The van der Waals surface area contributed by atoms with Gasteiger partial charge in [0.25, 0.3) is 0 Å². The summed E-state index contributed by atoms with van der Waals surface area (Å²) in [5.74, 6) is -12.1. The van der Waals surface area contributed by atoms with E-state index in [1.165, 1.54) is 31.4 Å². The van der Waals surface area contributed by atoms with E-state index in [9.17, 15) is 31.5 Å². The average Bonchev–Trinajstić information content (AvgIpc) is 2.91. The van der Waals surface area contributed by atoms with Crippen LogP contribution in [-0.2, 0) is 9.59 Å². The fourth-order valence-electron chi connectivity index (χ4n) is 3.25. The van der Waals surface area contributed by atoms with E-state index in [1.807, 2.05) is 5.43 Å². The van der Waals surface area contributed by atoms with E-state index >= 15 is 0 Å². The molecule has 38 heavy (non-hydrogen) atoms. The van der Waals surface area contributed by atoms with Crippen LogP contribution in [0.1, 0.15) is 6.42 Å². The molecule has 0 bridgehead atoms. The number of nitrogens with zero attached hydrogens (tertiary/aromatic N) is 2. The molecule has 0 saturated carbocycles. The number of amidine groups is 1. The van der Waals surface area contributed by atoms with Crippen molar-refractivity contribution in [2.45, 2.75) is 11.7 Å². The SMILES string of the molecule is COc1ccc(NC(=O)[C@@H]2CC(=O)N(Nc3c(F)c(F)c(F)c(F)c3F)C(=Nc3ccc(Cl)cc3)S2)cc1. The Kier molecular flexibility index (Phi) is 8.07. The van der Waals surface area contributed by atoms with Crippen molar-refractivity contribution in [2.75, 3.05) is 17.9 Å². The topological polar surface area (TPSA) is 83.0 Å². The van der Waals surface area contributed by atoms with Gasteiger partial charge in [-0.1, -0.05) is 23.4 Å². The maximum Gasteiger partial charge on any atom is 0.249 e. The Morgan fingerprint density at radius 2 is 1.55 bits per heavy atom. The molecule has 1 aliphatic heterocycles. The van der Waals surface area contributed by atoms with Crippen molar-refractivity contribution in [3.63, 3.8) is 0 Å². The Hall–Kier alpha value is -3.84. The second kappa shape index (κ2) is 11.3. The van der Waals surface area contributed by atoms with Crippen LogP contribution in [0.5, 0.6) is 5.75 Å². The van der Waals surface area contributed by atoms with Crippen molar-refractivity contribution in [1.29, 1.82) is 0 Å². The number of carbonyl (C=O) groups is 2. The number of carbonyl (C=O) groups excluding carboxylic acids is 2. The largest absolute Gasteiger partial charge is 0.497 e. The van der Waals surface area contributed by atoms with Crippen molar-refractivity contribution >= 4 is 57.4 Å². The quantitative estimate of drug-likeness (QED) is 0.215. The molecule has 3 aromatic rings. The van der Waals surface area contributed by atoms with Gasteiger partial charge in [-0.05, 0) is 48.5 Å². The van der Waals surface area contributed by atoms with Crippen LogP contribution in [0.15, 0.2) is 53.5 Å². The van der Waals surface area contributed by atoms with Gasteiger partial charge in [-0.15, -0.1) is 0 Å². The van der Waals surface area contributed by atoms with Crippen molar-refractivity contribution in [3.05, 3.63) is 82.6 Å². The highest BCUT2D eigenvalue weighted by Crippen LogP contribution is 2.33. The molecule has 4 rings (SSSR count). The molecular weight excluding hydrogens is 555 g/mol. The van der Waals surface area contributed by atoms with Crippen LogP contribution in [-0.4, -0.2) is 34.4 Å². The monoisotopic (exact) mass is 570 g/mol. The Morgan fingerprint density at radius 1 is 0.974 bits per heavy atom. The lowest BCUT2D eigenvalue weighted by Gasteiger charge is -2.32. The third-order valence-corrected chi connectivity index (χ3v) is 6.59. The number of thioether (sulfide) groups is 1. The number of nitrogens with one attached hydrogen (secondary N) is 2. The lowest BCUT2D eigenvalue weighted by atomic mass is 10.2. The number of ether oxygens (including phenoxy) is 1. The number of rotatable bonds is 6. The van der Waals surface area contributed by atoms with Gasteiger partial charge in [-0.25, -0.2) is 26.9 Å². The minimum atomic E-state index is -2.35. The molecule has 1 atom stereocenters. The number of amides is 2. The normalized spacial score (nSPS) is 16.5. The molecule has 1 aliphatic rings. The van der Waals surface area contributed by atoms with E-state index in [1.54, 1.807) is 24.3 Å². The highest BCUT2D eigenvalue weighted by molar-refractivity contribution is 8.15. The Morgan fingerprint density at radius 3 is 2.13 bits per heavy atom. The molecule has 1 fully saturated rings. The summed E-state index contributed by atoms with van der Waals surface area (Å²) >= 11 is 6.61. The standard InChI is InChI=1S/C24H16ClF5N4O3S/c1-37-14-8-6-12(7-9-14)31-23(36)15-10-16(35)34(24(38-15)32-13-4-2-11(25)3-5-13)33-22-20(29)18(27)17(26)19(28)21(22)30/h2-9,15,33H,10H2,1H3,(H,31,36)/t15-/m0/s1. The second-order valence-electron chi connectivity index (χ2n) is 7.69. The zero-order valence-electron chi connectivity index (χ0n) is 19.2. The molecule has 14 heteroatoms. The Bertz CT molecular complexity index is 1400. The maximum absolute atomic E-state index is 14.3. The lowest BCUT2D eigenvalue weighted by molar-refractivity contribution is -0.128. The lowest BCUT2D eigenvalue weighted by Crippen LogP contribution is -2.48. The predicted octanol–water partition coefficient (Wildman–Crippen LogP) is 6.03. The number of hydrazine groups is 1. The summed E-state index contributed by atoms with van der Waals surface area (Å²) in [6.45, 7) is 0. The molecule has 7 nitrogen and oxygen atoms in total. The van der Waals surface area contributed by atoms with E-state index in [0.29, 0.717) is 21.5 Å². The summed E-state index contributed by atoms with van der Waals surface area (Å²) in [5.41, 5.74) is 1.12. The minimum Gasteiger partial charge on any atom is -0.497 e. The zero-order valence-corrected chi connectivity index (χ0v) is 20.8. The molecule has 0 unspecified atom stereocenters. The van der Waals surface area contributed by atoms with Crippen LogP contribution in [0.3, 0.4) is 0 Å². The molecule has 3 aromatic carbocycles. The molecule has 2 N–H and O–H groups in total. The van der Waals surface area contributed by atoms with Crippen molar-refractivity contribution in [3.8, 4) is 5.75 Å². The minimum absolute atomic E-state index is 0.227. The number of hydrogen-bond donors (Lipinski definition) is 2. The molecule has 1 heterocycles. The number of methoxy groups -OCH3 is 1. The molecule has 0 radical (unpaired) electrons. The van der Waals surface area contributed by atoms with Crippen LogP contribution in [0, 0.1) is 29.1 Å². The molecule has 0 aromatic heterocycles. The van der Waals surface area contributed by atoms with Gasteiger partial charge < -0.3 is 10.1 Å². The summed E-state index contributed by atoms with van der Waals surface area (Å²) in [6, 6.07) is 12.2. The zero-order chi connectivity index (χ0) is 27.6. The predicted molar refractivity (Wildman–Crippen MR) is 133 cm³/mol. The Balaban J connectivity index is 1.66. The van der Waals surface area contributed by atoms with E-state index in [-0.39, 0.29) is 10.9 Å². The highest BCUT2D eigenvalue weighted by atomic mass is 35.5. The van der Waals surface area contributed by atoms with Crippen LogP contribution in [0.2, 0.25) is 5.02 Å². The summed E-state index contributed by atoms with van der Waals surface area (Å²) in [7, 11) is 1.48. The van der Waals surface area contributed by atoms with Crippen LogP contribution in [0.4, 0.5) is 39.0 Å². The first-order chi connectivity index (χ1) is 18.1. The van der Waals surface area contributed by atoms with Crippen LogP contribution >= 0.6 is 23.4 Å². The van der Waals surface area contributed by atoms with Gasteiger partial charge in [0.2, 0.25) is 17.6 Å². The summed E-state index contributed by atoms with van der Waals surface area (Å²) in [5, 5.41) is 2.19. The fourth-order valence-corrected chi connectivity index (χ4v) is 4.43. The van der Waals surface area contributed by atoms with Gasteiger partial charge in [-0.3, -0.25) is 15.0 Å². The molecule has 2 amide bonds. The van der Waals surface area contributed by atoms with Crippen LogP contribution < -0.4 is 15.5 Å². The van der Waals surface area contributed by atoms with E-state index in [2.05, 4.69) is 10.3 Å². The van der Waals surface area contributed by atoms with Crippen molar-refractivity contribution in [1.82, 2.24) is 5.01 Å². The van der Waals surface area contributed by atoms with Crippen LogP contribution in [0.25, 0.3) is 0 Å². The first kappa shape index (κ1) is 27.2. The molecule has 198 valence electrons. The molecule has 0 spiro atoms. The van der Waals surface area contributed by atoms with E-state index in [4.69, 9.17) is 16.3 Å². The highest BCUT2D eigenvalue weighted by Gasteiger charge is 2.38. The second-order valence-corrected chi connectivity index (χ2v) is 9.29. The van der Waals surface area contributed by atoms with Crippen molar-refractivity contribution < 1.29 is 36.3 Å². The third kappa shape index (κ3) is 5.68. The van der Waals surface area contributed by atoms with Gasteiger partial charge in [0, 0.05) is 10.7 Å².